The van der Waals surface area contributed by atoms with Gasteiger partial charge in [-0.3, -0.25) is 14.4 Å². The lowest BCUT2D eigenvalue weighted by Crippen LogP contribution is -2.35. The second-order valence-electron chi connectivity index (χ2n) is 15.9. The second-order valence-corrected chi connectivity index (χ2v) is 15.9. The van der Waals surface area contributed by atoms with Crippen LogP contribution in [0, 0.1) is 24.2 Å². The summed E-state index contributed by atoms with van der Waals surface area (Å²) in [6.07, 6.45) is 6.87. The topological polar surface area (TPSA) is 139 Å². The van der Waals surface area contributed by atoms with Gasteiger partial charge in [0.2, 0.25) is 5.88 Å². The number of amides is 2. The Morgan fingerprint density at radius 3 is 2.16 bits per heavy atom. The number of carbonyl (C=O) groups excluding carboxylic acids is 4. The number of rotatable bonds is 11. The second kappa shape index (κ2) is 16.9. The SMILES string of the molecule is CC(C)=CC1C(C(=O)OCN2C(=O)C3=C(CCCC3)C2=O)C1(C)C.Cc1nn(C)c(Oc2ccccc2)c1/C=N/OCc1ccc(C(=O)OC(C)(C)C)cc1. The number of imide groups is 1. The molecule has 0 bridgehead atoms. The summed E-state index contributed by atoms with van der Waals surface area (Å²) in [4.78, 5) is 55.7. The maximum atomic E-state index is 12.4. The van der Waals surface area contributed by atoms with E-state index < -0.39 is 5.60 Å². The summed E-state index contributed by atoms with van der Waals surface area (Å²) < 4.78 is 18.3. The smallest absolute Gasteiger partial charge is 0.338 e. The predicted molar refractivity (Wildman–Crippen MR) is 207 cm³/mol. The monoisotopic (exact) mass is 752 g/mol. The molecule has 12 heteroatoms. The van der Waals surface area contributed by atoms with Crippen molar-refractivity contribution in [3.8, 4) is 11.6 Å². The van der Waals surface area contributed by atoms with E-state index in [0.717, 1.165) is 34.6 Å². The van der Waals surface area contributed by atoms with Crippen molar-refractivity contribution >= 4 is 30.0 Å². The zero-order valence-corrected chi connectivity index (χ0v) is 33.3. The summed E-state index contributed by atoms with van der Waals surface area (Å²) in [6.45, 7) is 15.5. The third kappa shape index (κ3) is 9.97. The van der Waals surface area contributed by atoms with Gasteiger partial charge in [0.1, 0.15) is 18.0 Å². The number of para-hydroxylation sites is 1. The zero-order valence-electron chi connectivity index (χ0n) is 33.3. The van der Waals surface area contributed by atoms with Crippen LogP contribution in [-0.2, 0) is 42.3 Å². The largest absolute Gasteiger partial charge is 0.456 e. The van der Waals surface area contributed by atoms with Crippen molar-refractivity contribution < 1.29 is 38.2 Å². The molecule has 0 spiro atoms. The van der Waals surface area contributed by atoms with Gasteiger partial charge in [-0.2, -0.15) is 5.10 Å². The molecular weight excluding hydrogens is 700 g/mol. The van der Waals surface area contributed by atoms with Crippen LogP contribution in [0.4, 0.5) is 0 Å². The molecule has 6 rings (SSSR count). The number of aromatic nitrogens is 2. The van der Waals surface area contributed by atoms with E-state index in [-0.39, 0.29) is 54.3 Å². The van der Waals surface area contributed by atoms with Crippen molar-refractivity contribution in [1.82, 2.24) is 14.7 Å². The van der Waals surface area contributed by atoms with Crippen molar-refractivity contribution in [2.75, 3.05) is 6.73 Å². The van der Waals surface area contributed by atoms with E-state index in [4.69, 9.17) is 19.0 Å². The standard InChI is InChI=1S/C24H27N3O4.C19H25NO4/c1-17-21(22(27(5)26-17)30-20-9-7-6-8-10-20)15-25-29-16-18-11-13-19(14-12-18)23(28)31-24(2,3)4;1-11(2)9-14-15(19(14,3)4)18(23)24-10-20-16(21)12-7-5-6-8-13(12)17(20)22/h6-15H,16H2,1-5H3;9,14-15H,5-8,10H2,1-4H3/b25-15+;. The van der Waals surface area contributed by atoms with Crippen LogP contribution in [0.2, 0.25) is 0 Å². The first-order valence-corrected chi connectivity index (χ1v) is 18.6. The molecule has 2 unspecified atom stereocenters. The number of carbonyl (C=O) groups is 4. The van der Waals surface area contributed by atoms with E-state index in [9.17, 15) is 19.2 Å². The highest BCUT2D eigenvalue weighted by Gasteiger charge is 2.61. The zero-order chi connectivity index (χ0) is 40.1. The van der Waals surface area contributed by atoms with E-state index in [1.165, 1.54) is 5.57 Å². The van der Waals surface area contributed by atoms with Gasteiger partial charge in [-0.25, -0.2) is 14.4 Å². The first kappa shape index (κ1) is 40.7. The van der Waals surface area contributed by atoms with Crippen molar-refractivity contribution in [3.05, 3.63) is 99.8 Å². The first-order chi connectivity index (χ1) is 26.0. The molecule has 12 nitrogen and oxygen atoms in total. The number of allylic oxidation sites excluding steroid dienone is 2. The van der Waals surface area contributed by atoms with Crippen molar-refractivity contribution in [2.45, 2.75) is 93.3 Å². The molecule has 1 aromatic heterocycles. The number of ether oxygens (including phenoxy) is 3. The van der Waals surface area contributed by atoms with E-state index in [1.54, 1.807) is 23.0 Å². The minimum Gasteiger partial charge on any atom is -0.456 e. The average molecular weight is 753 g/mol. The summed E-state index contributed by atoms with van der Waals surface area (Å²) in [6, 6.07) is 16.6. The molecule has 292 valence electrons. The molecule has 1 aliphatic heterocycles. The van der Waals surface area contributed by atoms with Gasteiger partial charge < -0.3 is 19.0 Å². The van der Waals surface area contributed by atoms with Crippen LogP contribution in [0.1, 0.15) is 101 Å². The molecule has 2 aliphatic carbocycles. The third-order valence-electron chi connectivity index (χ3n) is 9.74. The van der Waals surface area contributed by atoms with Crippen LogP contribution < -0.4 is 4.74 Å². The predicted octanol–water partition coefficient (Wildman–Crippen LogP) is 7.99. The molecule has 3 aromatic rings. The number of oxime groups is 1. The van der Waals surface area contributed by atoms with Crippen LogP contribution in [0.25, 0.3) is 0 Å². The average Bonchev–Trinajstić information content (AvgIpc) is 3.42. The third-order valence-corrected chi connectivity index (χ3v) is 9.74. The van der Waals surface area contributed by atoms with Crippen LogP contribution in [0.3, 0.4) is 0 Å². The van der Waals surface area contributed by atoms with Crippen LogP contribution in [-0.4, -0.2) is 57.0 Å². The van der Waals surface area contributed by atoms with Gasteiger partial charge in [-0.1, -0.05) is 61.0 Å². The first-order valence-electron chi connectivity index (χ1n) is 18.6. The molecule has 2 amide bonds. The molecule has 2 aromatic carbocycles. The summed E-state index contributed by atoms with van der Waals surface area (Å²) >= 11 is 0. The van der Waals surface area contributed by atoms with E-state index in [2.05, 4.69) is 16.3 Å². The minimum atomic E-state index is -0.527. The number of aryl methyl sites for hydroxylation is 2. The molecule has 55 heavy (non-hydrogen) atoms. The fraction of sp³-hybridized carbons (Fsp3) is 0.442. The van der Waals surface area contributed by atoms with Gasteiger partial charge in [0.15, 0.2) is 6.73 Å². The maximum Gasteiger partial charge on any atom is 0.338 e. The Labute approximate surface area is 323 Å². The highest BCUT2D eigenvalue weighted by atomic mass is 16.6. The normalized spacial score (nSPS) is 18.7. The number of hydrogen-bond donors (Lipinski definition) is 0. The van der Waals surface area contributed by atoms with Crippen molar-refractivity contribution in [2.24, 2.45) is 29.5 Å². The summed E-state index contributed by atoms with van der Waals surface area (Å²) in [5, 5.41) is 8.47. The van der Waals surface area contributed by atoms with Gasteiger partial charge in [0.25, 0.3) is 11.8 Å². The summed E-state index contributed by atoms with van der Waals surface area (Å²) in [7, 11) is 1.82. The lowest BCUT2D eigenvalue weighted by atomic mass is 9.93. The lowest BCUT2D eigenvalue weighted by Gasteiger charge is -2.19. The number of benzene rings is 2. The summed E-state index contributed by atoms with van der Waals surface area (Å²) in [5.41, 5.74) is 4.66. The summed E-state index contributed by atoms with van der Waals surface area (Å²) in [5.74, 6) is 0.0128. The Hall–Kier alpha value is -5.52. The molecule has 2 heterocycles. The molecule has 0 radical (unpaired) electrons. The van der Waals surface area contributed by atoms with E-state index in [0.29, 0.717) is 41.2 Å². The number of esters is 2. The van der Waals surface area contributed by atoms with Crippen LogP contribution in [0.5, 0.6) is 11.6 Å². The maximum absolute atomic E-state index is 12.4. The van der Waals surface area contributed by atoms with E-state index in [1.807, 2.05) is 105 Å². The molecule has 0 N–H and O–H groups in total. The molecule has 1 saturated carbocycles. The van der Waals surface area contributed by atoms with Crippen LogP contribution >= 0.6 is 0 Å². The van der Waals surface area contributed by atoms with Gasteiger partial charge in [0.05, 0.1) is 29.0 Å². The lowest BCUT2D eigenvalue weighted by molar-refractivity contribution is -0.156. The van der Waals surface area contributed by atoms with E-state index >= 15 is 0 Å². The number of nitrogens with zero attached hydrogens (tertiary/aromatic N) is 4. The Bertz CT molecular complexity index is 1970. The molecular formula is C43H52N4O8. The Balaban J connectivity index is 0.000000218. The Morgan fingerprint density at radius 1 is 0.964 bits per heavy atom. The molecule has 1 fully saturated rings. The van der Waals surface area contributed by atoms with Gasteiger partial charge in [-0.15, -0.1) is 0 Å². The molecule has 0 saturated heterocycles. The van der Waals surface area contributed by atoms with Gasteiger partial charge in [0, 0.05) is 18.2 Å². The highest BCUT2D eigenvalue weighted by molar-refractivity contribution is 6.19. The number of hydrogen-bond acceptors (Lipinski definition) is 10. The molecule has 3 aliphatic rings. The quantitative estimate of drug-likeness (QED) is 0.0627. The fourth-order valence-electron chi connectivity index (χ4n) is 6.73. The highest BCUT2D eigenvalue weighted by Crippen LogP contribution is 2.59. The Kier molecular flexibility index (Phi) is 12.5. The van der Waals surface area contributed by atoms with Crippen molar-refractivity contribution in [3.63, 3.8) is 0 Å². The van der Waals surface area contributed by atoms with Crippen molar-refractivity contribution in [1.29, 1.82) is 0 Å². The minimum absolute atomic E-state index is 0.134. The fourth-order valence-corrected chi connectivity index (χ4v) is 6.73. The molecule has 2 atom stereocenters. The van der Waals surface area contributed by atoms with Gasteiger partial charge >= 0.3 is 11.9 Å². The van der Waals surface area contributed by atoms with Gasteiger partial charge in [-0.05, 0) is 108 Å². The van der Waals surface area contributed by atoms with Crippen LogP contribution in [0.15, 0.2) is 82.5 Å². The Morgan fingerprint density at radius 2 is 1.58 bits per heavy atom.